The molecule has 7 heterocycles. The van der Waals surface area contributed by atoms with Crippen LogP contribution in [0.3, 0.4) is 0 Å². The number of nitrogens with zero attached hydrogens (tertiary/aromatic N) is 6. The summed E-state index contributed by atoms with van der Waals surface area (Å²) in [5, 5.41) is 19.7. The van der Waals surface area contributed by atoms with Gasteiger partial charge in [-0.05, 0) is 61.1 Å². The molecular formula is C32H36FN7O6. The molecule has 0 amide bonds. The fourth-order valence-electron chi connectivity index (χ4n) is 7.34. The summed E-state index contributed by atoms with van der Waals surface area (Å²) in [4.78, 5) is 32.9. The molecule has 2 N–H and O–H groups in total. The topological polar surface area (TPSA) is 150 Å². The van der Waals surface area contributed by atoms with Crippen LogP contribution in [0.2, 0.25) is 0 Å². The van der Waals surface area contributed by atoms with Crippen LogP contribution in [-0.4, -0.2) is 78.5 Å². The molecule has 8 atom stereocenters. The lowest BCUT2D eigenvalue weighted by Gasteiger charge is -2.51. The molecule has 1 aromatic carbocycles. The molecule has 4 aromatic rings. The summed E-state index contributed by atoms with van der Waals surface area (Å²) < 4.78 is 34.7. The number of halogens is 1. The molecule has 4 aliphatic heterocycles. The molecule has 0 spiro atoms. The standard InChI is InChI=1S/C32H36FN7O6/c1-3-18-13-38-9-7-19(18)10-27(38)30(22-6-8-34-25-5-4-21(44-2)11-23(22)25)45-17-20-14-40(37-36-20)26-12-29(46-28(26)16-41)39-15-24(33)31(42)35-32(39)43/h3-6,8,11,14-15,18-19,26-30,41H,1,7,9-10,12-13,16-17H2,2H3,(H,35,42,43)/t18?,19?,26?,27?,28?,29?,30-/m0/s1. The van der Waals surface area contributed by atoms with Crippen molar-refractivity contribution in [2.75, 3.05) is 26.8 Å². The van der Waals surface area contributed by atoms with Crippen molar-refractivity contribution in [1.29, 1.82) is 0 Å². The molecule has 13 nitrogen and oxygen atoms in total. The van der Waals surface area contributed by atoms with Crippen molar-refractivity contribution in [3.05, 3.63) is 93.4 Å². The Morgan fingerprint density at radius 2 is 2.13 bits per heavy atom. The number of benzene rings is 1. The number of H-pyrrole nitrogens is 1. The first kappa shape index (κ1) is 30.4. The second-order valence-corrected chi connectivity index (χ2v) is 12.2. The third kappa shape index (κ3) is 5.55. The van der Waals surface area contributed by atoms with E-state index < -0.39 is 35.4 Å². The van der Waals surface area contributed by atoms with Crippen LogP contribution < -0.4 is 16.0 Å². The minimum Gasteiger partial charge on any atom is -0.497 e. The normalized spacial score (nSPS) is 28.0. The van der Waals surface area contributed by atoms with Crippen molar-refractivity contribution in [2.45, 2.75) is 56.4 Å². The van der Waals surface area contributed by atoms with Crippen molar-refractivity contribution in [3.8, 4) is 5.75 Å². The van der Waals surface area contributed by atoms with E-state index in [0.29, 0.717) is 17.5 Å². The molecule has 7 unspecified atom stereocenters. The van der Waals surface area contributed by atoms with Gasteiger partial charge < -0.3 is 19.3 Å². The number of fused-ring (bicyclic) bond motifs is 4. The molecule has 0 saturated carbocycles. The maximum absolute atomic E-state index is 14.0. The Bertz CT molecular complexity index is 1860. The molecule has 4 aliphatic rings. The number of rotatable bonds is 10. The highest BCUT2D eigenvalue weighted by Gasteiger charge is 2.44. The summed E-state index contributed by atoms with van der Waals surface area (Å²) in [5.41, 5.74) is 0.541. The van der Waals surface area contributed by atoms with Gasteiger partial charge in [-0.25, -0.2) is 9.48 Å². The minimum absolute atomic E-state index is 0.139. The Hall–Kier alpha value is -4.24. The van der Waals surface area contributed by atoms with Crippen LogP contribution in [0.1, 0.15) is 48.9 Å². The van der Waals surface area contributed by atoms with Crippen LogP contribution in [0.15, 0.2) is 65.1 Å². The van der Waals surface area contributed by atoms with Crippen LogP contribution >= 0.6 is 0 Å². The molecule has 4 fully saturated rings. The van der Waals surface area contributed by atoms with Crippen LogP contribution in [0.5, 0.6) is 5.75 Å². The highest BCUT2D eigenvalue weighted by atomic mass is 19.1. The fraction of sp³-hybridized carbons (Fsp3) is 0.469. The minimum atomic E-state index is -1.11. The summed E-state index contributed by atoms with van der Waals surface area (Å²) in [6.45, 7) is 5.82. The van der Waals surface area contributed by atoms with Gasteiger partial charge in [-0.3, -0.25) is 24.2 Å². The molecule has 0 aliphatic carbocycles. The summed E-state index contributed by atoms with van der Waals surface area (Å²) in [6.07, 6.45) is 6.80. The van der Waals surface area contributed by atoms with Gasteiger partial charge in [0.15, 0.2) is 0 Å². The number of ether oxygens (including phenoxy) is 3. The van der Waals surface area contributed by atoms with E-state index >= 15 is 0 Å². The van der Waals surface area contributed by atoms with Crippen LogP contribution in [-0.2, 0) is 16.1 Å². The second-order valence-electron chi connectivity index (χ2n) is 12.2. The van der Waals surface area contributed by atoms with Crippen molar-refractivity contribution in [2.24, 2.45) is 11.8 Å². The first-order chi connectivity index (χ1) is 22.4. The molecular weight excluding hydrogens is 597 g/mol. The monoisotopic (exact) mass is 633 g/mol. The van der Waals surface area contributed by atoms with Gasteiger partial charge in [0.1, 0.15) is 23.8 Å². The Labute approximate surface area is 263 Å². The average molecular weight is 634 g/mol. The zero-order valence-corrected chi connectivity index (χ0v) is 25.4. The van der Waals surface area contributed by atoms with E-state index in [9.17, 15) is 19.1 Å². The Morgan fingerprint density at radius 1 is 1.26 bits per heavy atom. The highest BCUT2D eigenvalue weighted by molar-refractivity contribution is 5.84. The maximum Gasteiger partial charge on any atom is 0.330 e. The third-order valence-corrected chi connectivity index (χ3v) is 9.72. The molecule has 0 radical (unpaired) electrons. The Morgan fingerprint density at radius 3 is 2.89 bits per heavy atom. The van der Waals surface area contributed by atoms with Crippen molar-refractivity contribution in [3.63, 3.8) is 0 Å². The number of hydrogen-bond acceptors (Lipinski definition) is 10. The van der Waals surface area contributed by atoms with E-state index in [1.807, 2.05) is 35.4 Å². The molecule has 3 aromatic heterocycles. The molecule has 14 heteroatoms. The number of piperidine rings is 3. The summed E-state index contributed by atoms with van der Waals surface area (Å²) in [5.74, 6) is 0.629. The number of aromatic amines is 1. The second kappa shape index (κ2) is 12.5. The van der Waals surface area contributed by atoms with Gasteiger partial charge >= 0.3 is 5.69 Å². The average Bonchev–Trinajstić information content (AvgIpc) is 3.74. The highest BCUT2D eigenvalue weighted by Crippen LogP contribution is 2.44. The molecule has 4 saturated heterocycles. The van der Waals surface area contributed by atoms with Crippen molar-refractivity contribution >= 4 is 10.9 Å². The molecule has 2 bridgehead atoms. The maximum atomic E-state index is 14.0. The van der Waals surface area contributed by atoms with Gasteiger partial charge in [-0.1, -0.05) is 11.3 Å². The lowest BCUT2D eigenvalue weighted by Crippen LogP contribution is -2.55. The lowest BCUT2D eigenvalue weighted by atomic mass is 9.73. The van der Waals surface area contributed by atoms with E-state index in [-0.39, 0.29) is 31.8 Å². The van der Waals surface area contributed by atoms with E-state index in [4.69, 9.17) is 14.2 Å². The number of aromatic nitrogens is 6. The zero-order valence-electron chi connectivity index (χ0n) is 25.4. The van der Waals surface area contributed by atoms with Gasteiger partial charge in [0.05, 0.1) is 50.4 Å². The van der Waals surface area contributed by atoms with Crippen molar-refractivity contribution < 1.29 is 23.7 Å². The fourth-order valence-corrected chi connectivity index (χ4v) is 7.34. The summed E-state index contributed by atoms with van der Waals surface area (Å²) in [6, 6.07) is 7.50. The van der Waals surface area contributed by atoms with E-state index in [0.717, 1.165) is 58.9 Å². The van der Waals surface area contributed by atoms with E-state index in [1.165, 1.54) is 0 Å². The van der Waals surface area contributed by atoms with Crippen molar-refractivity contribution in [1.82, 2.24) is 34.4 Å². The van der Waals surface area contributed by atoms with Crippen LogP contribution in [0, 0.1) is 17.7 Å². The van der Waals surface area contributed by atoms with Gasteiger partial charge in [0.2, 0.25) is 5.82 Å². The van der Waals surface area contributed by atoms with E-state index in [1.54, 1.807) is 18.0 Å². The number of nitrogens with one attached hydrogen (secondary N) is 1. The Kier molecular flexibility index (Phi) is 8.27. The number of aliphatic hydroxyl groups excluding tert-OH is 1. The molecule has 8 rings (SSSR count). The number of methoxy groups -OCH3 is 1. The summed E-state index contributed by atoms with van der Waals surface area (Å²) >= 11 is 0. The van der Waals surface area contributed by atoms with Crippen LogP contribution in [0.4, 0.5) is 4.39 Å². The lowest BCUT2D eigenvalue weighted by molar-refractivity contribution is -0.0809. The number of hydrogen-bond donors (Lipinski definition) is 2. The van der Waals surface area contributed by atoms with Gasteiger partial charge in [-0.15, -0.1) is 11.7 Å². The SMILES string of the molecule is C=CC1CN2CCC1CC2[C@@H](OCc1cn(C2CC(n3cc(F)c(=O)[nH]c3=O)OC2CO)nn1)c1ccnc2ccc(OC)cc12. The van der Waals surface area contributed by atoms with E-state index in [2.05, 4.69) is 32.9 Å². The number of pyridine rings is 1. The largest absolute Gasteiger partial charge is 0.497 e. The molecule has 46 heavy (non-hydrogen) atoms. The zero-order chi connectivity index (χ0) is 31.9. The first-order valence-electron chi connectivity index (χ1n) is 15.5. The predicted molar refractivity (Wildman–Crippen MR) is 164 cm³/mol. The quantitative estimate of drug-likeness (QED) is 0.250. The van der Waals surface area contributed by atoms with Crippen LogP contribution in [0.25, 0.3) is 10.9 Å². The number of aliphatic hydroxyl groups is 1. The first-order valence-corrected chi connectivity index (χ1v) is 15.5. The smallest absolute Gasteiger partial charge is 0.330 e. The van der Waals surface area contributed by atoms with Gasteiger partial charge in [0, 0.05) is 30.6 Å². The third-order valence-electron chi connectivity index (χ3n) is 9.72. The van der Waals surface area contributed by atoms with Gasteiger partial charge in [0.25, 0.3) is 5.56 Å². The summed E-state index contributed by atoms with van der Waals surface area (Å²) in [7, 11) is 1.64. The predicted octanol–water partition coefficient (Wildman–Crippen LogP) is 2.50. The molecule has 242 valence electrons. The Balaban J connectivity index is 1.15. The van der Waals surface area contributed by atoms with Gasteiger partial charge in [-0.2, -0.15) is 4.39 Å².